The first-order chi connectivity index (χ1) is 21.3. The number of ether oxygens (including phenoxy) is 1. The molecule has 2 amide bonds. The van der Waals surface area contributed by atoms with E-state index < -0.39 is 9.23 Å². The lowest BCUT2D eigenvalue weighted by atomic mass is 9.97. The molecule has 4 heterocycles. The van der Waals surface area contributed by atoms with Crippen LogP contribution in [0, 0.1) is 0 Å². The maximum atomic E-state index is 11.6. The fourth-order valence-corrected chi connectivity index (χ4v) is 5.10. The average Bonchev–Trinajstić information content (AvgIpc) is 3.69. The summed E-state index contributed by atoms with van der Waals surface area (Å²) in [4.78, 5) is 26.9. The molecule has 0 saturated carbocycles. The van der Waals surface area contributed by atoms with Crippen LogP contribution < -0.4 is 0 Å². The molecule has 2 aliphatic heterocycles. The first kappa shape index (κ1) is 46.6. The Kier molecular flexibility index (Phi) is 23.5. The first-order valence-electron chi connectivity index (χ1n) is 14.6. The van der Waals surface area contributed by atoms with E-state index in [9.17, 15) is 14.7 Å². The van der Waals surface area contributed by atoms with Crippen molar-refractivity contribution in [1.29, 1.82) is 0 Å². The monoisotopic (exact) mass is 722 g/mol. The molecular weight excluding hydrogens is 667 g/mol. The van der Waals surface area contributed by atoms with Gasteiger partial charge in [0.1, 0.15) is 0 Å². The summed E-state index contributed by atoms with van der Waals surface area (Å²) in [6, 6.07) is 4.53. The Bertz CT molecular complexity index is 1320. The molecule has 2 aliphatic rings. The van der Waals surface area contributed by atoms with Gasteiger partial charge in [-0.1, -0.05) is 14.9 Å². The Morgan fingerprint density at radius 2 is 1.21 bits per heavy atom. The van der Waals surface area contributed by atoms with Crippen LogP contribution in [-0.2, 0) is 23.6 Å². The third kappa shape index (κ3) is 14.2. The highest BCUT2D eigenvalue weighted by molar-refractivity contribution is 8.26. The van der Waals surface area contributed by atoms with E-state index in [2.05, 4.69) is 59.3 Å². The number of hydrogen-bond donors (Lipinski definition) is 2. The van der Waals surface area contributed by atoms with Gasteiger partial charge in [0, 0.05) is 100 Å². The lowest BCUT2D eigenvalue weighted by molar-refractivity contribution is -0.129. The number of rotatable bonds is 7. The zero-order valence-electron chi connectivity index (χ0n) is 27.5. The van der Waals surface area contributed by atoms with E-state index >= 15 is 0 Å². The summed E-state index contributed by atoms with van der Waals surface area (Å²) in [5.41, 5.74) is 6.60. The molecule has 0 spiro atoms. The molecule has 2 aromatic rings. The number of carbonyl (C=O) groups excluding carboxylic acids is 2. The number of aromatic nitrogens is 4. The van der Waals surface area contributed by atoms with Crippen molar-refractivity contribution in [3.8, 4) is 0 Å². The number of carbonyl (C=O) groups is 2. The fraction of sp³-hybridized carbons (Fsp3) is 0.625. The second-order valence-electron chi connectivity index (χ2n) is 10.8. The highest BCUT2D eigenvalue weighted by Gasteiger charge is 2.25. The fourth-order valence-electron chi connectivity index (χ4n) is 5.10. The van der Waals surface area contributed by atoms with Crippen molar-refractivity contribution in [2.45, 2.75) is 81.3 Å². The molecule has 12 nitrogen and oxygen atoms in total. The number of methoxy groups -OCH3 is 1. The maximum Gasteiger partial charge on any atom is 0.219 e. The topological polar surface area (TPSA) is 143 Å². The number of amides is 2. The normalized spacial score (nSPS) is 14.4. The predicted octanol–water partition coefficient (Wildman–Crippen LogP) is 5.50. The molecule has 0 aliphatic carbocycles. The summed E-state index contributed by atoms with van der Waals surface area (Å²) in [7, 11) is 10.1. The van der Waals surface area contributed by atoms with Gasteiger partial charge in [0.2, 0.25) is 21.0 Å². The van der Waals surface area contributed by atoms with E-state index in [1.165, 1.54) is 11.1 Å². The van der Waals surface area contributed by atoms with Crippen LogP contribution in [0.2, 0.25) is 0 Å². The molecule has 2 N–H and O–H groups in total. The van der Waals surface area contributed by atoms with E-state index in [1.807, 2.05) is 37.5 Å². The Morgan fingerprint density at radius 3 is 1.53 bits per heavy atom. The van der Waals surface area contributed by atoms with E-state index in [1.54, 1.807) is 27.2 Å². The first-order valence-corrected chi connectivity index (χ1v) is 17.4. The van der Waals surface area contributed by atoms with Crippen LogP contribution >= 0.6 is 21.4 Å². The van der Waals surface area contributed by atoms with Crippen LogP contribution in [0.4, 0.5) is 0 Å². The summed E-state index contributed by atoms with van der Waals surface area (Å²) in [6.07, 6.45) is 5.18. The minimum Gasteiger partial charge on any atom is -0.400 e. The van der Waals surface area contributed by atoms with Gasteiger partial charge in [-0.15, -0.1) is 0 Å². The van der Waals surface area contributed by atoms with Crippen LogP contribution in [0.25, 0.3) is 11.1 Å². The highest BCUT2D eigenvalue weighted by atomic mass is 36.0. The quantitative estimate of drug-likeness (QED) is 0.357. The molecule has 0 unspecified atom stereocenters. The van der Waals surface area contributed by atoms with Crippen LogP contribution in [0.1, 0.15) is 92.7 Å². The third-order valence-electron chi connectivity index (χ3n) is 7.26. The van der Waals surface area contributed by atoms with Crippen molar-refractivity contribution in [3.05, 3.63) is 47.1 Å². The van der Waals surface area contributed by atoms with Gasteiger partial charge < -0.3 is 24.7 Å². The largest absolute Gasteiger partial charge is 0.400 e. The van der Waals surface area contributed by atoms with E-state index in [-0.39, 0.29) is 39.3 Å². The number of nitrogens with zero attached hydrogens (tertiary/aromatic N) is 6. The van der Waals surface area contributed by atoms with E-state index in [0.717, 1.165) is 49.0 Å². The average molecular weight is 724 g/mol. The molecule has 0 atom stereocenters. The van der Waals surface area contributed by atoms with Crippen molar-refractivity contribution in [2.75, 3.05) is 53.6 Å². The van der Waals surface area contributed by atoms with Crippen molar-refractivity contribution in [3.63, 3.8) is 0 Å². The Morgan fingerprint density at radius 1 is 0.851 bits per heavy atom. The van der Waals surface area contributed by atoms with Gasteiger partial charge in [0.25, 0.3) is 0 Å². The lowest BCUT2D eigenvalue weighted by Crippen LogP contribution is -2.36. The van der Waals surface area contributed by atoms with Gasteiger partial charge >= 0.3 is 0 Å². The molecular formula is C32H56Cl2N6O6S. The smallest absolute Gasteiger partial charge is 0.219 e. The maximum absolute atomic E-state index is 11.6. The molecule has 4 rings (SSSR count). The molecule has 0 radical (unpaired) electrons. The van der Waals surface area contributed by atoms with Gasteiger partial charge in [-0.05, 0) is 75.0 Å². The molecule has 0 saturated heterocycles. The lowest BCUT2D eigenvalue weighted by Gasteiger charge is -2.30. The highest BCUT2D eigenvalue weighted by Crippen LogP contribution is 2.29. The molecule has 0 bridgehead atoms. The summed E-state index contributed by atoms with van der Waals surface area (Å²) in [5, 5.41) is 25.2. The van der Waals surface area contributed by atoms with Gasteiger partial charge in [0.05, 0.1) is 24.6 Å². The molecule has 0 aromatic carbocycles. The second-order valence-corrected chi connectivity index (χ2v) is 13.4. The standard InChI is InChI=1S/C15H23N3O2.C14H21N3O2.CH4O.2CH4.Cl2OS/c1-11(2)18-15(5-7-16-18)14-9-17(12(3)19)8-6-13(14)10-20-4;1-10(2)17-14(4-6-15-17)13-8-16(11(3)19)7-5-12(13)9-18;1-2;;;1-4(2)3/h5,7,11H,6,8-10H2,1-4H3;4,6,10,18H,5,7-9H2,1-3H3;2H,1H3;2*1H4;. The van der Waals surface area contributed by atoms with Crippen LogP contribution in [0.3, 0.4) is 0 Å². The number of hydrogen-bond acceptors (Lipinski definition) is 8. The molecule has 15 heteroatoms. The van der Waals surface area contributed by atoms with E-state index in [0.29, 0.717) is 32.3 Å². The van der Waals surface area contributed by atoms with Crippen molar-refractivity contribution < 1.29 is 28.7 Å². The minimum absolute atomic E-state index is 0. The van der Waals surface area contributed by atoms with Gasteiger partial charge in [0.15, 0.2) is 0 Å². The summed E-state index contributed by atoms with van der Waals surface area (Å²) in [5.74, 6) is 0.194. The third-order valence-corrected chi connectivity index (χ3v) is 7.26. The van der Waals surface area contributed by atoms with Crippen molar-refractivity contribution in [1.82, 2.24) is 29.4 Å². The summed E-state index contributed by atoms with van der Waals surface area (Å²) >= 11 is 0. The van der Waals surface area contributed by atoms with Crippen molar-refractivity contribution >= 4 is 53.6 Å². The van der Waals surface area contributed by atoms with Crippen LogP contribution in [0.15, 0.2) is 35.7 Å². The second kappa shape index (κ2) is 23.7. The zero-order chi connectivity index (χ0) is 34.3. The van der Waals surface area contributed by atoms with Gasteiger partial charge in [-0.25, -0.2) is 4.21 Å². The van der Waals surface area contributed by atoms with Crippen molar-refractivity contribution in [2.24, 2.45) is 0 Å². The van der Waals surface area contributed by atoms with Gasteiger partial charge in [-0.2, -0.15) is 10.2 Å². The molecule has 270 valence electrons. The number of aliphatic hydroxyl groups excluding tert-OH is 2. The molecule has 2 aromatic heterocycles. The van der Waals surface area contributed by atoms with Gasteiger partial charge in [-0.3, -0.25) is 19.0 Å². The SMILES string of the molecule is C.C.CC(=O)N1CCC(CO)=C(c2ccnn2C(C)C)C1.CO.COCC1=C(c2ccnn2C(C)C)CN(C(C)=O)CC1.O=S(Cl)Cl. The Balaban J connectivity index is 0. The number of aliphatic hydroxyl groups is 2. The van der Waals surface area contributed by atoms with Crippen LogP contribution in [0.5, 0.6) is 0 Å². The summed E-state index contributed by atoms with van der Waals surface area (Å²) in [6.45, 7) is 14.9. The Hall–Kier alpha value is -2.55. The summed E-state index contributed by atoms with van der Waals surface area (Å²) < 4.78 is 18.3. The Labute approximate surface area is 292 Å². The zero-order valence-corrected chi connectivity index (χ0v) is 29.8. The molecule has 47 heavy (non-hydrogen) atoms. The number of halogens is 2. The minimum atomic E-state index is -1.67. The molecule has 0 fully saturated rings. The predicted molar refractivity (Wildman–Crippen MR) is 193 cm³/mol. The van der Waals surface area contributed by atoms with E-state index in [4.69, 9.17) is 14.1 Å². The van der Waals surface area contributed by atoms with Crippen LogP contribution in [-0.4, -0.2) is 109 Å².